The third-order valence-electron chi connectivity index (χ3n) is 9.65. The molecule has 3 heteroatoms. The van der Waals surface area contributed by atoms with E-state index in [2.05, 4.69) is 175 Å². The molecule has 0 fully saturated rings. The Morgan fingerprint density at radius 3 is 2.04 bits per heavy atom. The zero-order valence-electron chi connectivity index (χ0n) is 26.5. The van der Waals surface area contributed by atoms with Gasteiger partial charge in [-0.15, -0.1) is 11.3 Å². The Bertz CT molecular complexity index is 2840. The van der Waals surface area contributed by atoms with Gasteiger partial charge in [0.05, 0.1) is 11.1 Å². The summed E-state index contributed by atoms with van der Waals surface area (Å²) in [4.78, 5) is 2.40. The van der Waals surface area contributed by atoms with Gasteiger partial charge in [0.25, 0.3) is 0 Å². The van der Waals surface area contributed by atoms with Gasteiger partial charge >= 0.3 is 0 Å². The van der Waals surface area contributed by atoms with Crippen molar-refractivity contribution in [3.63, 3.8) is 0 Å². The summed E-state index contributed by atoms with van der Waals surface area (Å²) in [6.07, 6.45) is 0. The van der Waals surface area contributed by atoms with E-state index < -0.39 is 0 Å². The van der Waals surface area contributed by atoms with Crippen LogP contribution in [0.3, 0.4) is 0 Å². The number of anilines is 3. The first kappa shape index (κ1) is 27.9. The average Bonchev–Trinajstić information content (AvgIpc) is 3.74. The summed E-state index contributed by atoms with van der Waals surface area (Å²) in [7, 11) is 0. The predicted molar refractivity (Wildman–Crippen MR) is 210 cm³/mol. The van der Waals surface area contributed by atoms with E-state index in [1.54, 1.807) is 0 Å². The lowest BCUT2D eigenvalue weighted by Crippen LogP contribution is -2.10. The van der Waals surface area contributed by atoms with Crippen LogP contribution in [0.1, 0.15) is 0 Å². The number of nitrogens with zero attached hydrogens (tertiary/aromatic N) is 1. The van der Waals surface area contributed by atoms with Gasteiger partial charge in [-0.25, -0.2) is 0 Å². The van der Waals surface area contributed by atoms with Crippen LogP contribution in [0.25, 0.3) is 75.1 Å². The fraction of sp³-hybridized carbons (Fsp3) is 0. The summed E-state index contributed by atoms with van der Waals surface area (Å²) in [5, 5.41) is 7.23. The molecule has 0 unspecified atom stereocenters. The van der Waals surface area contributed by atoms with Gasteiger partial charge < -0.3 is 9.32 Å². The molecule has 10 rings (SSSR count). The van der Waals surface area contributed by atoms with E-state index in [9.17, 15) is 0 Å². The second-order valence-electron chi connectivity index (χ2n) is 12.5. The Kier molecular flexibility index (Phi) is 6.39. The van der Waals surface area contributed by atoms with Crippen molar-refractivity contribution in [1.82, 2.24) is 0 Å². The molecule has 230 valence electrons. The fourth-order valence-corrected chi connectivity index (χ4v) is 8.64. The van der Waals surface area contributed by atoms with Gasteiger partial charge in [-0.05, 0) is 76.0 Å². The van der Waals surface area contributed by atoms with Crippen molar-refractivity contribution in [3.05, 3.63) is 176 Å². The first-order valence-corrected chi connectivity index (χ1v) is 17.4. The van der Waals surface area contributed by atoms with E-state index in [-0.39, 0.29) is 0 Å². The minimum Gasteiger partial charge on any atom is -0.456 e. The molecule has 0 spiro atoms. The van der Waals surface area contributed by atoms with E-state index in [1.807, 2.05) is 17.4 Å². The van der Waals surface area contributed by atoms with E-state index in [0.717, 1.165) is 39.0 Å². The summed E-state index contributed by atoms with van der Waals surface area (Å²) in [5.74, 6) is 0. The molecule has 0 aliphatic rings. The molecule has 2 nitrogen and oxygen atoms in total. The van der Waals surface area contributed by atoms with Crippen LogP contribution in [0, 0.1) is 0 Å². The molecule has 0 saturated heterocycles. The van der Waals surface area contributed by atoms with Gasteiger partial charge in [0, 0.05) is 42.5 Å². The molecule has 0 bridgehead atoms. The van der Waals surface area contributed by atoms with Gasteiger partial charge in [0.15, 0.2) is 0 Å². The SMILES string of the molecule is c1ccc(-c2ccc(N(c3ccc4ccccc4c3)c3cccc4oc5ccccc5c34)cc2-c2cccc3c2sc2ccccc23)cc1. The number of hydrogen-bond acceptors (Lipinski definition) is 3. The Hall–Kier alpha value is -6.16. The molecule has 2 aromatic heterocycles. The number of para-hydroxylation sites is 1. The number of thiophene rings is 1. The van der Waals surface area contributed by atoms with Gasteiger partial charge in [-0.3, -0.25) is 0 Å². The topological polar surface area (TPSA) is 16.4 Å². The van der Waals surface area contributed by atoms with Crippen molar-refractivity contribution < 1.29 is 4.42 Å². The standard InChI is InChI=1S/C46H29NOS/c1-2-13-31(14-3-1)35-27-26-34(29-40(35)38-19-10-18-37-36-16-7-9-23-44(36)49-46(37)38)47(33-25-24-30-12-4-5-15-32(30)28-33)41-20-11-22-43-45(41)39-17-6-8-21-42(39)48-43/h1-29H. The maximum atomic E-state index is 6.41. The van der Waals surface area contributed by atoms with Crippen molar-refractivity contribution in [2.24, 2.45) is 0 Å². The first-order valence-electron chi connectivity index (χ1n) is 16.6. The van der Waals surface area contributed by atoms with E-state index >= 15 is 0 Å². The Morgan fingerprint density at radius 2 is 1.12 bits per heavy atom. The van der Waals surface area contributed by atoms with Gasteiger partial charge in [0.2, 0.25) is 0 Å². The largest absolute Gasteiger partial charge is 0.456 e. The Balaban J connectivity index is 1.28. The lowest BCUT2D eigenvalue weighted by Gasteiger charge is -2.28. The van der Waals surface area contributed by atoms with E-state index in [0.29, 0.717) is 0 Å². The van der Waals surface area contributed by atoms with Crippen LogP contribution in [0.15, 0.2) is 180 Å². The molecule has 0 atom stereocenters. The zero-order valence-corrected chi connectivity index (χ0v) is 27.3. The molecule has 49 heavy (non-hydrogen) atoms. The van der Waals surface area contributed by atoms with Crippen LogP contribution in [0.4, 0.5) is 17.1 Å². The predicted octanol–water partition coefficient (Wildman–Crippen LogP) is 13.9. The molecular formula is C46H29NOS. The quantitative estimate of drug-likeness (QED) is 0.186. The van der Waals surface area contributed by atoms with Crippen molar-refractivity contribution in [2.75, 3.05) is 4.90 Å². The van der Waals surface area contributed by atoms with Gasteiger partial charge in [0.1, 0.15) is 11.2 Å². The Labute approximate surface area is 287 Å². The highest BCUT2D eigenvalue weighted by molar-refractivity contribution is 7.26. The van der Waals surface area contributed by atoms with Gasteiger partial charge in [-0.1, -0.05) is 127 Å². The second-order valence-corrected chi connectivity index (χ2v) is 13.5. The number of rotatable bonds is 5. The molecule has 10 aromatic rings. The summed E-state index contributed by atoms with van der Waals surface area (Å²) in [6, 6.07) is 63.3. The maximum Gasteiger partial charge on any atom is 0.137 e. The first-order chi connectivity index (χ1) is 24.3. The fourth-order valence-electron chi connectivity index (χ4n) is 7.41. The van der Waals surface area contributed by atoms with Crippen molar-refractivity contribution in [2.45, 2.75) is 0 Å². The smallest absolute Gasteiger partial charge is 0.137 e. The van der Waals surface area contributed by atoms with Gasteiger partial charge in [-0.2, -0.15) is 0 Å². The third-order valence-corrected chi connectivity index (χ3v) is 10.9. The highest BCUT2D eigenvalue weighted by atomic mass is 32.1. The van der Waals surface area contributed by atoms with Crippen LogP contribution in [-0.2, 0) is 0 Å². The highest BCUT2D eigenvalue weighted by Gasteiger charge is 2.22. The molecule has 0 N–H and O–H groups in total. The van der Waals surface area contributed by atoms with E-state index in [1.165, 1.54) is 53.2 Å². The van der Waals surface area contributed by atoms with Crippen molar-refractivity contribution in [1.29, 1.82) is 0 Å². The lowest BCUT2D eigenvalue weighted by atomic mass is 9.92. The normalized spacial score (nSPS) is 11.7. The Morgan fingerprint density at radius 1 is 0.429 bits per heavy atom. The number of hydrogen-bond donors (Lipinski definition) is 0. The zero-order chi connectivity index (χ0) is 32.3. The number of benzene rings is 8. The molecular weight excluding hydrogens is 615 g/mol. The van der Waals surface area contributed by atoms with Crippen LogP contribution in [-0.4, -0.2) is 0 Å². The van der Waals surface area contributed by atoms with Crippen molar-refractivity contribution in [3.8, 4) is 22.3 Å². The highest BCUT2D eigenvalue weighted by Crippen LogP contribution is 2.47. The molecule has 0 saturated carbocycles. The van der Waals surface area contributed by atoms with E-state index in [4.69, 9.17) is 4.42 Å². The van der Waals surface area contributed by atoms with Crippen LogP contribution >= 0.6 is 11.3 Å². The molecule has 0 radical (unpaired) electrons. The molecule has 0 amide bonds. The minimum absolute atomic E-state index is 0.876. The maximum absolute atomic E-state index is 6.41. The monoisotopic (exact) mass is 643 g/mol. The number of furan rings is 1. The van der Waals surface area contributed by atoms with Crippen molar-refractivity contribution >= 4 is 81.3 Å². The minimum atomic E-state index is 0.876. The van der Waals surface area contributed by atoms with Crippen LogP contribution in [0.5, 0.6) is 0 Å². The molecule has 0 aliphatic heterocycles. The lowest BCUT2D eigenvalue weighted by molar-refractivity contribution is 0.669. The second kappa shape index (κ2) is 11.2. The molecule has 2 heterocycles. The van der Waals surface area contributed by atoms with Crippen LogP contribution in [0.2, 0.25) is 0 Å². The average molecular weight is 644 g/mol. The third kappa shape index (κ3) is 4.55. The van der Waals surface area contributed by atoms with Crippen LogP contribution < -0.4 is 4.90 Å². The summed E-state index contributed by atoms with van der Waals surface area (Å²) < 4.78 is 9.02. The summed E-state index contributed by atoms with van der Waals surface area (Å²) in [5.41, 5.74) is 9.87. The molecule has 8 aromatic carbocycles. The number of fused-ring (bicyclic) bond motifs is 7. The molecule has 0 aliphatic carbocycles. The summed E-state index contributed by atoms with van der Waals surface area (Å²) >= 11 is 1.87. The summed E-state index contributed by atoms with van der Waals surface area (Å²) in [6.45, 7) is 0.